The molecule has 1 amide bonds. The zero-order valence-corrected chi connectivity index (χ0v) is 10.6. The number of hydrogen-bond acceptors (Lipinski definition) is 2. The van der Waals surface area contributed by atoms with E-state index in [9.17, 15) is 9.59 Å². The largest absolute Gasteiger partial charge is 0.315 e. The third kappa shape index (κ3) is 1.84. The molecule has 0 saturated heterocycles. The molecule has 0 bridgehead atoms. The first-order chi connectivity index (χ1) is 8.65. The summed E-state index contributed by atoms with van der Waals surface area (Å²) in [6.07, 6.45) is 3.86. The summed E-state index contributed by atoms with van der Waals surface area (Å²) >= 11 is 0. The van der Waals surface area contributed by atoms with Crippen molar-refractivity contribution in [2.75, 3.05) is 11.9 Å². The van der Waals surface area contributed by atoms with Gasteiger partial charge in [-0.15, -0.1) is 0 Å². The van der Waals surface area contributed by atoms with Gasteiger partial charge in [-0.25, -0.2) is 0 Å². The van der Waals surface area contributed by atoms with Crippen molar-refractivity contribution in [1.29, 1.82) is 0 Å². The van der Waals surface area contributed by atoms with Gasteiger partial charge in [-0.05, 0) is 36.0 Å². The maximum Gasteiger partial charge on any atom is 0.231 e. The van der Waals surface area contributed by atoms with Gasteiger partial charge in [-0.2, -0.15) is 0 Å². The van der Waals surface area contributed by atoms with E-state index in [1.807, 2.05) is 13.1 Å². The first-order valence-corrected chi connectivity index (χ1v) is 6.56. The summed E-state index contributed by atoms with van der Waals surface area (Å²) in [5.74, 6) is 1.05. The third-order valence-electron chi connectivity index (χ3n) is 4.20. The number of nitrogens with zero attached hydrogens (tertiary/aromatic N) is 1. The standard InChI is InChI=1S/C15H17NO2/c1-16-14-7-4-11(8-12(14)9-15(16)18)10-2-5-13(17)6-3-10/h4,7-8,10H,2-3,5-6,9H2,1H3. The van der Waals surface area contributed by atoms with Crippen molar-refractivity contribution in [3.63, 3.8) is 0 Å². The zero-order chi connectivity index (χ0) is 12.7. The predicted molar refractivity (Wildman–Crippen MR) is 69.8 cm³/mol. The lowest BCUT2D eigenvalue weighted by Gasteiger charge is -2.22. The molecular formula is C15H17NO2. The number of carbonyl (C=O) groups excluding carboxylic acids is 2. The molecule has 3 nitrogen and oxygen atoms in total. The van der Waals surface area contributed by atoms with E-state index in [1.165, 1.54) is 5.56 Å². The first-order valence-electron chi connectivity index (χ1n) is 6.56. The molecule has 1 saturated carbocycles. The summed E-state index contributed by atoms with van der Waals surface area (Å²) in [5.41, 5.74) is 3.47. The maximum absolute atomic E-state index is 11.6. The highest BCUT2D eigenvalue weighted by Crippen LogP contribution is 2.35. The lowest BCUT2D eigenvalue weighted by atomic mass is 9.83. The van der Waals surface area contributed by atoms with Gasteiger partial charge < -0.3 is 4.90 Å². The molecule has 0 N–H and O–H groups in total. The fourth-order valence-electron chi connectivity index (χ4n) is 3.02. The Labute approximate surface area is 107 Å². The molecule has 0 atom stereocenters. The van der Waals surface area contributed by atoms with Gasteiger partial charge in [0, 0.05) is 25.6 Å². The van der Waals surface area contributed by atoms with Crippen LogP contribution < -0.4 is 4.90 Å². The Balaban J connectivity index is 1.85. The monoisotopic (exact) mass is 243 g/mol. The van der Waals surface area contributed by atoms with Gasteiger partial charge in [-0.1, -0.05) is 12.1 Å². The van der Waals surface area contributed by atoms with Gasteiger partial charge in [0.2, 0.25) is 5.91 Å². The minimum absolute atomic E-state index is 0.168. The van der Waals surface area contributed by atoms with Crippen LogP contribution in [0.1, 0.15) is 42.7 Å². The number of likely N-dealkylation sites (N-methyl/N-ethyl adjacent to an activating group) is 1. The molecule has 3 rings (SSSR count). The van der Waals surface area contributed by atoms with E-state index < -0.39 is 0 Å². The van der Waals surface area contributed by atoms with E-state index in [2.05, 4.69) is 12.1 Å². The van der Waals surface area contributed by atoms with E-state index >= 15 is 0 Å². The molecular weight excluding hydrogens is 226 g/mol. The van der Waals surface area contributed by atoms with Crippen LogP contribution in [0.5, 0.6) is 0 Å². The maximum atomic E-state index is 11.6. The SMILES string of the molecule is CN1C(=O)Cc2cc(C3CCC(=O)CC3)ccc21. The molecule has 1 aromatic rings. The van der Waals surface area contributed by atoms with Crippen LogP contribution in [0.15, 0.2) is 18.2 Å². The predicted octanol–water partition coefficient (Wildman–Crippen LogP) is 2.43. The van der Waals surface area contributed by atoms with E-state index in [0.29, 0.717) is 31.0 Å². The lowest BCUT2D eigenvalue weighted by Crippen LogP contribution is -2.20. The van der Waals surface area contributed by atoms with Gasteiger partial charge >= 0.3 is 0 Å². The first kappa shape index (κ1) is 11.5. The molecule has 0 unspecified atom stereocenters. The number of ketones is 1. The molecule has 18 heavy (non-hydrogen) atoms. The van der Waals surface area contributed by atoms with Crippen molar-refractivity contribution in [3.05, 3.63) is 29.3 Å². The van der Waals surface area contributed by atoms with E-state index in [1.54, 1.807) is 4.90 Å². The molecule has 1 aliphatic heterocycles. The number of anilines is 1. The number of hydrogen-bond donors (Lipinski definition) is 0. The highest BCUT2D eigenvalue weighted by atomic mass is 16.2. The number of fused-ring (bicyclic) bond motifs is 1. The van der Waals surface area contributed by atoms with Crippen molar-refractivity contribution in [1.82, 2.24) is 0 Å². The Hall–Kier alpha value is -1.64. The number of amides is 1. The lowest BCUT2D eigenvalue weighted by molar-refractivity contribution is -0.120. The minimum Gasteiger partial charge on any atom is -0.315 e. The highest BCUT2D eigenvalue weighted by Gasteiger charge is 2.26. The Morgan fingerprint density at radius 3 is 2.61 bits per heavy atom. The van der Waals surface area contributed by atoms with Gasteiger partial charge in [-0.3, -0.25) is 9.59 Å². The second-order valence-electron chi connectivity index (χ2n) is 5.33. The van der Waals surface area contributed by atoms with Crippen LogP contribution >= 0.6 is 0 Å². The van der Waals surface area contributed by atoms with Crippen LogP contribution in [0, 0.1) is 0 Å². The Bertz CT molecular complexity index is 511. The highest BCUT2D eigenvalue weighted by molar-refractivity contribution is 6.00. The average Bonchev–Trinajstić information content (AvgIpc) is 2.65. The number of Topliss-reactive ketones (excluding diaryl/α,β-unsaturated/α-hetero) is 1. The third-order valence-corrected chi connectivity index (χ3v) is 4.20. The Morgan fingerprint density at radius 1 is 1.17 bits per heavy atom. The summed E-state index contributed by atoms with van der Waals surface area (Å²) in [6.45, 7) is 0. The van der Waals surface area contributed by atoms with Gasteiger partial charge in [0.15, 0.2) is 0 Å². The average molecular weight is 243 g/mol. The molecule has 1 aliphatic carbocycles. The molecule has 2 aliphatic rings. The molecule has 0 radical (unpaired) electrons. The van der Waals surface area contributed by atoms with Gasteiger partial charge in [0.05, 0.1) is 6.42 Å². The van der Waals surface area contributed by atoms with Crippen LogP contribution in [0.3, 0.4) is 0 Å². The fraction of sp³-hybridized carbons (Fsp3) is 0.467. The van der Waals surface area contributed by atoms with Crippen molar-refractivity contribution < 1.29 is 9.59 Å². The van der Waals surface area contributed by atoms with E-state index in [-0.39, 0.29) is 5.91 Å². The quantitative estimate of drug-likeness (QED) is 0.759. The molecule has 1 aromatic carbocycles. The zero-order valence-electron chi connectivity index (χ0n) is 10.6. The number of carbonyl (C=O) groups is 2. The van der Waals surface area contributed by atoms with Crippen LogP contribution in [-0.4, -0.2) is 18.7 Å². The number of rotatable bonds is 1. The topological polar surface area (TPSA) is 37.4 Å². The van der Waals surface area contributed by atoms with Crippen molar-refractivity contribution in [3.8, 4) is 0 Å². The molecule has 1 heterocycles. The molecule has 3 heteroatoms. The summed E-state index contributed by atoms with van der Waals surface area (Å²) in [5, 5.41) is 0. The van der Waals surface area contributed by atoms with Crippen LogP contribution in [0.4, 0.5) is 5.69 Å². The van der Waals surface area contributed by atoms with Crippen molar-refractivity contribution in [2.45, 2.75) is 38.0 Å². The molecule has 0 aromatic heterocycles. The molecule has 94 valence electrons. The van der Waals surface area contributed by atoms with Crippen molar-refractivity contribution in [2.24, 2.45) is 0 Å². The second-order valence-corrected chi connectivity index (χ2v) is 5.33. The summed E-state index contributed by atoms with van der Waals surface area (Å²) < 4.78 is 0. The van der Waals surface area contributed by atoms with Gasteiger partial charge in [0.25, 0.3) is 0 Å². The van der Waals surface area contributed by atoms with Crippen LogP contribution in [0.2, 0.25) is 0 Å². The van der Waals surface area contributed by atoms with Crippen molar-refractivity contribution >= 4 is 17.4 Å². The number of benzene rings is 1. The van der Waals surface area contributed by atoms with E-state index in [0.717, 1.165) is 24.1 Å². The molecule has 0 spiro atoms. The normalized spacial score (nSPS) is 20.4. The van der Waals surface area contributed by atoms with E-state index in [4.69, 9.17) is 0 Å². The second kappa shape index (κ2) is 4.23. The molecule has 1 fully saturated rings. The minimum atomic E-state index is 0.168. The smallest absolute Gasteiger partial charge is 0.231 e. The van der Waals surface area contributed by atoms with Crippen LogP contribution in [-0.2, 0) is 16.0 Å². The summed E-state index contributed by atoms with van der Waals surface area (Å²) in [7, 11) is 1.83. The van der Waals surface area contributed by atoms with Crippen LogP contribution in [0.25, 0.3) is 0 Å². The fourth-order valence-corrected chi connectivity index (χ4v) is 3.02. The summed E-state index contributed by atoms with van der Waals surface area (Å²) in [4.78, 5) is 24.6. The summed E-state index contributed by atoms with van der Waals surface area (Å²) in [6, 6.07) is 6.33. The Kier molecular flexibility index (Phi) is 2.69. The Morgan fingerprint density at radius 2 is 1.89 bits per heavy atom. The van der Waals surface area contributed by atoms with Gasteiger partial charge in [0.1, 0.15) is 5.78 Å².